The van der Waals surface area contributed by atoms with E-state index >= 15 is 0 Å². The highest BCUT2D eigenvalue weighted by Gasteiger charge is 2.37. The first kappa shape index (κ1) is 31.8. The Balaban J connectivity index is 2.26. The fourth-order valence-electron chi connectivity index (χ4n) is 4.02. The summed E-state index contributed by atoms with van der Waals surface area (Å²) in [4.78, 5) is 56.1. The van der Waals surface area contributed by atoms with Crippen LogP contribution >= 0.6 is 0 Å². The summed E-state index contributed by atoms with van der Waals surface area (Å²) in [5, 5.41) is 8.21. The third kappa shape index (κ3) is 9.70. The number of primary amides is 1. The van der Waals surface area contributed by atoms with E-state index in [4.69, 9.17) is 22.9 Å². The van der Waals surface area contributed by atoms with Gasteiger partial charge in [-0.15, -0.1) is 0 Å². The van der Waals surface area contributed by atoms with Crippen molar-refractivity contribution in [3.63, 3.8) is 0 Å². The minimum Gasteiger partial charge on any atom is -0.370 e. The fourth-order valence-corrected chi connectivity index (χ4v) is 4.02. The van der Waals surface area contributed by atoms with Crippen LogP contribution in [0.25, 0.3) is 0 Å². The van der Waals surface area contributed by atoms with Crippen molar-refractivity contribution < 1.29 is 19.2 Å². The molecular formula is C28H40N8O4. The largest absolute Gasteiger partial charge is 0.370 e. The van der Waals surface area contributed by atoms with Gasteiger partial charge in [-0.3, -0.25) is 24.2 Å². The summed E-state index contributed by atoms with van der Waals surface area (Å²) >= 11 is 0. The van der Waals surface area contributed by atoms with Crippen molar-refractivity contribution in [3.05, 3.63) is 71.8 Å². The molecule has 2 aromatic rings. The zero-order valence-electron chi connectivity index (χ0n) is 22.8. The number of rotatable bonds is 16. The summed E-state index contributed by atoms with van der Waals surface area (Å²) in [6, 6.07) is 15.0. The zero-order chi connectivity index (χ0) is 29.5. The molecule has 12 nitrogen and oxygen atoms in total. The molecule has 2 aromatic carbocycles. The SMILES string of the molecule is C[C@](NC(=O)[C@H](CCCCN)NC(=O)[C@H](CCCN=C(N)N)NC(=O)c1ccccc1)(C(N)=O)c1ccccc1. The summed E-state index contributed by atoms with van der Waals surface area (Å²) in [6.07, 6.45) is 2.02. The van der Waals surface area contributed by atoms with E-state index < -0.39 is 41.3 Å². The molecule has 0 aliphatic heterocycles. The number of amides is 4. The average Bonchev–Trinajstić information content (AvgIpc) is 2.94. The molecule has 0 radical (unpaired) electrons. The van der Waals surface area contributed by atoms with Crippen LogP contribution in [0.1, 0.15) is 54.9 Å². The van der Waals surface area contributed by atoms with Crippen LogP contribution in [0.15, 0.2) is 65.7 Å². The minimum atomic E-state index is -1.52. The van der Waals surface area contributed by atoms with Gasteiger partial charge in [-0.25, -0.2) is 0 Å². The number of carbonyl (C=O) groups excluding carboxylic acids is 4. The maximum atomic E-state index is 13.5. The number of carbonyl (C=O) groups is 4. The first-order valence-electron chi connectivity index (χ1n) is 13.2. The lowest BCUT2D eigenvalue weighted by Gasteiger charge is -2.31. The first-order chi connectivity index (χ1) is 19.1. The van der Waals surface area contributed by atoms with E-state index in [2.05, 4.69) is 20.9 Å². The second-order valence-electron chi connectivity index (χ2n) is 9.53. The molecule has 0 aliphatic rings. The Kier molecular flexibility index (Phi) is 12.6. The predicted octanol–water partition coefficient (Wildman–Crippen LogP) is -0.0307. The van der Waals surface area contributed by atoms with Crippen molar-refractivity contribution in [2.75, 3.05) is 13.1 Å². The van der Waals surface area contributed by atoms with Crippen LogP contribution in [0.3, 0.4) is 0 Å². The van der Waals surface area contributed by atoms with Gasteiger partial charge < -0.3 is 38.9 Å². The van der Waals surface area contributed by atoms with Crippen molar-refractivity contribution in [3.8, 4) is 0 Å². The van der Waals surface area contributed by atoms with Crippen molar-refractivity contribution in [2.24, 2.45) is 27.9 Å². The van der Waals surface area contributed by atoms with Gasteiger partial charge in [-0.1, -0.05) is 48.5 Å². The normalized spacial score (nSPS) is 13.7. The van der Waals surface area contributed by atoms with Crippen molar-refractivity contribution in [1.29, 1.82) is 0 Å². The summed E-state index contributed by atoms with van der Waals surface area (Å²) in [5.41, 5.74) is 21.5. The van der Waals surface area contributed by atoms with Crippen molar-refractivity contribution in [1.82, 2.24) is 16.0 Å². The smallest absolute Gasteiger partial charge is 0.251 e. The van der Waals surface area contributed by atoms with E-state index in [1.807, 2.05) is 0 Å². The molecule has 0 spiro atoms. The predicted molar refractivity (Wildman–Crippen MR) is 154 cm³/mol. The van der Waals surface area contributed by atoms with Gasteiger partial charge in [0.25, 0.3) is 5.91 Å². The molecule has 0 heterocycles. The summed E-state index contributed by atoms with van der Waals surface area (Å²) in [6.45, 7) is 2.17. The van der Waals surface area contributed by atoms with E-state index in [1.54, 1.807) is 60.7 Å². The van der Waals surface area contributed by atoms with E-state index in [0.29, 0.717) is 36.9 Å². The average molecular weight is 553 g/mol. The Hall–Kier alpha value is -4.45. The molecule has 2 rings (SSSR count). The van der Waals surface area contributed by atoms with Gasteiger partial charge in [0.2, 0.25) is 17.7 Å². The first-order valence-corrected chi connectivity index (χ1v) is 13.2. The number of aliphatic imine (C=N–C) groups is 1. The highest BCUT2D eigenvalue weighted by molar-refractivity contribution is 5.99. The molecule has 40 heavy (non-hydrogen) atoms. The second-order valence-corrected chi connectivity index (χ2v) is 9.53. The van der Waals surface area contributed by atoms with Gasteiger partial charge in [0.05, 0.1) is 0 Å². The van der Waals surface area contributed by atoms with Gasteiger partial charge in [-0.2, -0.15) is 0 Å². The highest BCUT2D eigenvalue weighted by atomic mass is 16.2. The third-order valence-electron chi connectivity index (χ3n) is 6.40. The van der Waals surface area contributed by atoms with Gasteiger partial charge in [0.1, 0.15) is 17.6 Å². The number of unbranched alkanes of at least 4 members (excludes halogenated alkanes) is 1. The molecule has 4 amide bonds. The molecule has 0 saturated heterocycles. The van der Waals surface area contributed by atoms with E-state index in [1.165, 1.54) is 6.92 Å². The summed E-state index contributed by atoms with van der Waals surface area (Å²) < 4.78 is 0. The molecule has 0 unspecified atom stereocenters. The third-order valence-corrected chi connectivity index (χ3v) is 6.40. The van der Waals surface area contributed by atoms with E-state index in [9.17, 15) is 19.2 Å². The quantitative estimate of drug-likeness (QED) is 0.0855. The van der Waals surface area contributed by atoms with E-state index in [-0.39, 0.29) is 25.3 Å². The number of nitrogens with zero attached hydrogens (tertiary/aromatic N) is 1. The lowest BCUT2D eigenvalue weighted by atomic mass is 9.90. The van der Waals surface area contributed by atoms with Crippen molar-refractivity contribution >= 4 is 29.6 Å². The van der Waals surface area contributed by atoms with E-state index in [0.717, 1.165) is 0 Å². The Morgan fingerprint density at radius 1 is 0.800 bits per heavy atom. The second kappa shape index (κ2) is 15.8. The Morgan fingerprint density at radius 3 is 1.95 bits per heavy atom. The molecule has 0 saturated carbocycles. The number of guanidine groups is 1. The molecule has 0 aliphatic carbocycles. The molecule has 11 N–H and O–H groups in total. The molecule has 12 heteroatoms. The Morgan fingerprint density at radius 2 is 1.38 bits per heavy atom. The van der Waals surface area contributed by atoms with Crippen LogP contribution < -0.4 is 38.9 Å². The molecular weight excluding hydrogens is 512 g/mol. The number of benzene rings is 2. The molecule has 216 valence electrons. The minimum absolute atomic E-state index is 0.0816. The standard InChI is InChI=1S/C28H40N8O4/c1-28(26(30)40,20-13-6-3-7-14-20)36-25(39)22(15-8-9-17-29)35-24(38)21(16-10-18-33-27(31)32)34-23(37)19-11-4-2-5-12-19/h2-7,11-14,21-22H,8-10,15-18,29H2,1H3,(H2,30,40)(H,34,37)(H,35,38)(H,36,39)(H4,31,32,33)/t21-,22-,28+/m0/s1. The number of hydrogen-bond acceptors (Lipinski definition) is 6. The van der Waals surface area contributed by atoms with Gasteiger partial charge in [0.15, 0.2) is 5.96 Å². The number of nitrogens with two attached hydrogens (primary N) is 4. The van der Waals surface area contributed by atoms with Crippen LogP contribution in [-0.4, -0.2) is 54.8 Å². The van der Waals surface area contributed by atoms with Crippen molar-refractivity contribution in [2.45, 2.75) is 56.7 Å². The van der Waals surface area contributed by atoms with Crippen LogP contribution in [0, 0.1) is 0 Å². The van der Waals surface area contributed by atoms with Crippen LogP contribution in [-0.2, 0) is 19.9 Å². The zero-order valence-corrected chi connectivity index (χ0v) is 22.8. The van der Waals surface area contributed by atoms with Crippen LogP contribution in [0.4, 0.5) is 0 Å². The Bertz CT molecular complexity index is 1160. The summed E-state index contributed by atoms with van der Waals surface area (Å²) in [7, 11) is 0. The molecule has 3 atom stereocenters. The monoisotopic (exact) mass is 552 g/mol. The lowest BCUT2D eigenvalue weighted by Crippen LogP contribution is -2.59. The number of hydrogen-bond donors (Lipinski definition) is 7. The fraction of sp³-hybridized carbons (Fsp3) is 0.393. The van der Waals surface area contributed by atoms with Crippen LogP contribution in [0.2, 0.25) is 0 Å². The topological polar surface area (TPSA) is 221 Å². The van der Waals surface area contributed by atoms with Gasteiger partial charge in [0, 0.05) is 12.1 Å². The summed E-state index contributed by atoms with van der Waals surface area (Å²) in [5.74, 6) is -2.45. The molecule has 0 aromatic heterocycles. The number of nitrogens with one attached hydrogen (secondary N) is 3. The highest BCUT2D eigenvalue weighted by Crippen LogP contribution is 2.21. The van der Waals surface area contributed by atoms with Gasteiger partial charge in [-0.05, 0) is 63.3 Å². The van der Waals surface area contributed by atoms with Gasteiger partial charge >= 0.3 is 0 Å². The molecule has 0 fully saturated rings. The lowest BCUT2D eigenvalue weighted by molar-refractivity contribution is -0.134. The van der Waals surface area contributed by atoms with Crippen LogP contribution in [0.5, 0.6) is 0 Å². The maximum Gasteiger partial charge on any atom is 0.251 e. The molecule has 0 bridgehead atoms. The maximum absolute atomic E-state index is 13.5. The Labute approximate surface area is 234 Å².